The SMILES string of the molecule is O=[N+]([O-])c1cc(C(F)F)cnc1C[SH](=O)=O. The van der Waals surface area contributed by atoms with Crippen molar-refractivity contribution >= 4 is 16.4 Å². The lowest BCUT2D eigenvalue weighted by Gasteiger charge is -2.01. The van der Waals surface area contributed by atoms with Gasteiger partial charge in [-0.25, -0.2) is 17.2 Å². The Morgan fingerprint density at radius 1 is 1.50 bits per heavy atom. The number of pyridine rings is 1. The lowest BCUT2D eigenvalue weighted by Crippen LogP contribution is -2.01. The van der Waals surface area contributed by atoms with Gasteiger partial charge in [0.1, 0.15) is 16.4 Å². The molecule has 6 nitrogen and oxygen atoms in total. The van der Waals surface area contributed by atoms with Crippen LogP contribution in [0, 0.1) is 10.1 Å². The number of rotatable bonds is 4. The van der Waals surface area contributed by atoms with Gasteiger partial charge in [-0.1, -0.05) is 0 Å². The number of nitrogens with zero attached hydrogens (tertiary/aromatic N) is 2. The van der Waals surface area contributed by atoms with E-state index in [9.17, 15) is 27.3 Å². The Hall–Kier alpha value is -1.64. The lowest BCUT2D eigenvalue weighted by atomic mass is 10.2. The Morgan fingerprint density at radius 3 is 2.56 bits per heavy atom. The molecule has 1 aromatic heterocycles. The maximum atomic E-state index is 12.2. The van der Waals surface area contributed by atoms with E-state index in [0.29, 0.717) is 6.07 Å². The third kappa shape index (κ3) is 2.92. The Bertz CT molecular complexity index is 481. The van der Waals surface area contributed by atoms with Gasteiger partial charge in [-0.3, -0.25) is 15.1 Å². The summed E-state index contributed by atoms with van der Waals surface area (Å²) in [4.78, 5) is 12.9. The molecule has 0 aliphatic heterocycles. The van der Waals surface area contributed by atoms with Crippen molar-refractivity contribution in [1.29, 1.82) is 0 Å². The van der Waals surface area contributed by atoms with Gasteiger partial charge in [-0.2, -0.15) is 0 Å². The summed E-state index contributed by atoms with van der Waals surface area (Å²) in [5.74, 6) is -0.644. The second-order valence-electron chi connectivity index (χ2n) is 2.78. The van der Waals surface area contributed by atoms with Crippen LogP contribution in [-0.2, 0) is 16.5 Å². The normalized spacial score (nSPS) is 11.0. The summed E-state index contributed by atoms with van der Waals surface area (Å²) in [6, 6.07) is 0.631. The molecular weight excluding hydrogens is 246 g/mol. The molecule has 0 aliphatic carbocycles. The Morgan fingerprint density at radius 2 is 2.12 bits per heavy atom. The number of halogens is 2. The zero-order valence-electron chi connectivity index (χ0n) is 7.67. The molecule has 1 rings (SSSR count). The molecule has 0 atom stereocenters. The van der Waals surface area contributed by atoms with E-state index in [1.54, 1.807) is 0 Å². The van der Waals surface area contributed by atoms with Gasteiger partial charge in [0.05, 0.1) is 10.7 Å². The first kappa shape index (κ1) is 12.4. The highest BCUT2D eigenvalue weighted by Gasteiger charge is 2.20. The van der Waals surface area contributed by atoms with Crippen molar-refractivity contribution in [2.75, 3.05) is 0 Å². The summed E-state index contributed by atoms with van der Waals surface area (Å²) in [5, 5.41) is 10.5. The van der Waals surface area contributed by atoms with Crippen LogP contribution in [-0.4, -0.2) is 18.3 Å². The van der Waals surface area contributed by atoms with E-state index in [-0.39, 0.29) is 5.69 Å². The van der Waals surface area contributed by atoms with Crippen LogP contribution in [0.25, 0.3) is 0 Å². The van der Waals surface area contributed by atoms with Gasteiger partial charge in [0, 0.05) is 17.8 Å². The van der Waals surface area contributed by atoms with Crippen molar-refractivity contribution in [3.63, 3.8) is 0 Å². The average molecular weight is 252 g/mol. The molecule has 9 heteroatoms. The lowest BCUT2D eigenvalue weighted by molar-refractivity contribution is -0.385. The van der Waals surface area contributed by atoms with Crippen LogP contribution in [0.3, 0.4) is 0 Å². The number of alkyl halides is 2. The topological polar surface area (TPSA) is 90.2 Å². The predicted molar refractivity (Wildman–Crippen MR) is 49.9 cm³/mol. The molecule has 88 valence electrons. The summed E-state index contributed by atoms with van der Waals surface area (Å²) in [6.07, 6.45) is -2.16. The molecule has 0 saturated carbocycles. The molecular formula is C7H6F2N2O4S. The highest BCUT2D eigenvalue weighted by atomic mass is 32.2. The summed E-state index contributed by atoms with van der Waals surface area (Å²) in [7, 11) is -2.90. The van der Waals surface area contributed by atoms with Crippen molar-refractivity contribution in [3.8, 4) is 0 Å². The highest BCUT2D eigenvalue weighted by molar-refractivity contribution is 7.71. The van der Waals surface area contributed by atoms with E-state index in [1.165, 1.54) is 0 Å². The summed E-state index contributed by atoms with van der Waals surface area (Å²) < 4.78 is 45.2. The minimum absolute atomic E-state index is 0.342. The molecule has 0 aliphatic rings. The monoisotopic (exact) mass is 252 g/mol. The van der Waals surface area contributed by atoms with Gasteiger partial charge < -0.3 is 0 Å². The number of thiol groups is 1. The summed E-state index contributed by atoms with van der Waals surface area (Å²) >= 11 is 0. The quantitative estimate of drug-likeness (QED) is 0.491. The minimum Gasteiger partial charge on any atom is -0.258 e. The minimum atomic E-state index is -2.90. The largest absolute Gasteiger partial charge is 0.292 e. The summed E-state index contributed by atoms with van der Waals surface area (Å²) in [5.41, 5.74) is -1.67. The first-order valence-electron chi connectivity index (χ1n) is 3.95. The number of hydrogen-bond donors (Lipinski definition) is 1. The van der Waals surface area contributed by atoms with Crippen molar-refractivity contribution in [1.82, 2.24) is 4.98 Å². The number of hydrogen-bond acceptors (Lipinski definition) is 5. The van der Waals surface area contributed by atoms with Crippen LogP contribution >= 0.6 is 0 Å². The van der Waals surface area contributed by atoms with Crippen molar-refractivity contribution < 1.29 is 22.1 Å². The van der Waals surface area contributed by atoms with E-state index in [0.717, 1.165) is 6.20 Å². The van der Waals surface area contributed by atoms with Crippen molar-refractivity contribution in [2.24, 2.45) is 0 Å². The van der Waals surface area contributed by atoms with Crippen LogP contribution in [0.4, 0.5) is 14.5 Å². The molecule has 0 bridgehead atoms. The van der Waals surface area contributed by atoms with Gasteiger partial charge in [-0.05, 0) is 0 Å². The van der Waals surface area contributed by atoms with Gasteiger partial charge in [0.2, 0.25) is 0 Å². The predicted octanol–water partition coefficient (Wildman–Crippen LogP) is 1.04. The maximum absolute atomic E-state index is 12.2. The average Bonchev–Trinajstić information content (AvgIpc) is 2.16. The van der Waals surface area contributed by atoms with Gasteiger partial charge >= 0.3 is 0 Å². The van der Waals surface area contributed by atoms with Crippen LogP contribution in [0.15, 0.2) is 12.3 Å². The number of nitro groups is 1. The Balaban J connectivity index is 3.24. The van der Waals surface area contributed by atoms with Crippen LogP contribution < -0.4 is 0 Å². The van der Waals surface area contributed by atoms with Crippen LogP contribution in [0.1, 0.15) is 17.7 Å². The molecule has 0 fully saturated rings. The van der Waals surface area contributed by atoms with Gasteiger partial charge in [-0.15, -0.1) is 0 Å². The standard InChI is InChI=1S/C7H6F2N2O4S/c8-7(9)4-1-6(11(12)13)5(10-2-4)3-16(14)15/h1-2,7,16H,3H2. The molecule has 0 N–H and O–H groups in total. The molecule has 16 heavy (non-hydrogen) atoms. The van der Waals surface area contributed by atoms with Crippen LogP contribution in [0.2, 0.25) is 0 Å². The van der Waals surface area contributed by atoms with E-state index >= 15 is 0 Å². The molecule has 0 unspecified atom stereocenters. The molecule has 0 spiro atoms. The molecule has 1 heterocycles. The van der Waals surface area contributed by atoms with E-state index in [4.69, 9.17) is 0 Å². The Labute approximate surface area is 90.0 Å². The maximum Gasteiger partial charge on any atom is 0.292 e. The number of aromatic nitrogens is 1. The van der Waals surface area contributed by atoms with Crippen LogP contribution in [0.5, 0.6) is 0 Å². The zero-order valence-corrected chi connectivity index (χ0v) is 8.56. The highest BCUT2D eigenvalue weighted by Crippen LogP contribution is 2.24. The smallest absolute Gasteiger partial charge is 0.258 e. The molecule has 0 saturated heterocycles. The molecule has 0 amide bonds. The van der Waals surface area contributed by atoms with E-state index in [2.05, 4.69) is 4.98 Å². The van der Waals surface area contributed by atoms with Gasteiger partial charge in [0.15, 0.2) is 0 Å². The first-order valence-corrected chi connectivity index (χ1v) is 5.31. The van der Waals surface area contributed by atoms with E-state index in [1.807, 2.05) is 0 Å². The summed E-state index contributed by atoms with van der Waals surface area (Å²) in [6.45, 7) is 0. The first-order chi connectivity index (χ1) is 7.41. The third-order valence-electron chi connectivity index (χ3n) is 1.70. The molecule has 0 aromatic carbocycles. The fourth-order valence-corrected chi connectivity index (χ4v) is 1.51. The Kier molecular flexibility index (Phi) is 3.82. The molecule has 0 radical (unpaired) electrons. The molecule has 1 aromatic rings. The fourth-order valence-electron chi connectivity index (χ4n) is 1.02. The zero-order chi connectivity index (χ0) is 12.3. The van der Waals surface area contributed by atoms with E-state index < -0.39 is 39.1 Å². The third-order valence-corrected chi connectivity index (χ3v) is 2.25. The fraction of sp³-hybridized carbons (Fsp3) is 0.286. The second-order valence-corrected chi connectivity index (χ2v) is 3.76. The van der Waals surface area contributed by atoms with Gasteiger partial charge in [0.25, 0.3) is 12.1 Å². The van der Waals surface area contributed by atoms with Crippen molar-refractivity contribution in [3.05, 3.63) is 33.6 Å². The second kappa shape index (κ2) is 4.92. The van der Waals surface area contributed by atoms with Crippen molar-refractivity contribution in [2.45, 2.75) is 12.2 Å².